The third-order valence-corrected chi connectivity index (χ3v) is 5.22. The first-order valence-corrected chi connectivity index (χ1v) is 11.0. The largest absolute Gasteiger partial charge is 0.497 e. The van der Waals surface area contributed by atoms with E-state index < -0.39 is 0 Å². The molecule has 34 heavy (non-hydrogen) atoms. The van der Waals surface area contributed by atoms with Crippen LogP contribution >= 0.6 is 0 Å². The smallest absolute Gasteiger partial charge is 0.255 e. The fourth-order valence-corrected chi connectivity index (χ4v) is 3.31. The van der Waals surface area contributed by atoms with Crippen molar-refractivity contribution in [3.63, 3.8) is 0 Å². The number of carbonyl (C=O) groups is 1. The number of amides is 1. The van der Waals surface area contributed by atoms with Crippen LogP contribution in [0.5, 0.6) is 11.5 Å². The van der Waals surface area contributed by atoms with Crippen molar-refractivity contribution >= 4 is 23.1 Å². The van der Waals surface area contributed by atoms with Crippen molar-refractivity contribution in [2.75, 3.05) is 31.3 Å². The second kappa shape index (κ2) is 11.2. The van der Waals surface area contributed by atoms with Gasteiger partial charge in [0.05, 0.1) is 31.3 Å². The highest BCUT2D eigenvalue weighted by molar-refractivity contribution is 6.05. The number of aromatic nitrogens is 2. The van der Waals surface area contributed by atoms with Crippen molar-refractivity contribution in [1.82, 2.24) is 9.97 Å². The van der Waals surface area contributed by atoms with Crippen LogP contribution in [0, 0.1) is 12.3 Å². The summed E-state index contributed by atoms with van der Waals surface area (Å²) in [6.45, 7) is 4.72. The van der Waals surface area contributed by atoms with Gasteiger partial charge in [0.1, 0.15) is 17.3 Å². The van der Waals surface area contributed by atoms with Crippen molar-refractivity contribution in [2.24, 2.45) is 5.73 Å². The fraction of sp³-hybridized carbons (Fsp3) is 0.280. The van der Waals surface area contributed by atoms with Crippen LogP contribution in [0.1, 0.15) is 41.4 Å². The van der Waals surface area contributed by atoms with E-state index in [1.807, 2.05) is 13.8 Å². The third-order valence-electron chi connectivity index (χ3n) is 5.22. The zero-order chi connectivity index (χ0) is 24.7. The van der Waals surface area contributed by atoms with Gasteiger partial charge in [-0.2, -0.15) is 0 Å². The topological polar surface area (TPSA) is 149 Å². The van der Waals surface area contributed by atoms with Gasteiger partial charge in [0, 0.05) is 34.2 Å². The predicted molar refractivity (Wildman–Crippen MR) is 134 cm³/mol. The molecule has 9 nitrogen and oxygen atoms in total. The summed E-state index contributed by atoms with van der Waals surface area (Å²) >= 11 is 0. The summed E-state index contributed by atoms with van der Waals surface area (Å²) in [6.07, 6.45) is 2.85. The lowest BCUT2D eigenvalue weighted by molar-refractivity contribution is 0.102. The highest BCUT2D eigenvalue weighted by Crippen LogP contribution is 2.27. The Morgan fingerprint density at radius 1 is 1.18 bits per heavy atom. The van der Waals surface area contributed by atoms with Crippen LogP contribution in [0.2, 0.25) is 0 Å². The zero-order valence-corrected chi connectivity index (χ0v) is 19.6. The van der Waals surface area contributed by atoms with Gasteiger partial charge in [-0.3, -0.25) is 9.78 Å². The van der Waals surface area contributed by atoms with Gasteiger partial charge in [-0.05, 0) is 56.6 Å². The molecule has 1 amide bonds. The Labute approximate surface area is 199 Å². The lowest BCUT2D eigenvalue weighted by atomic mass is 10.1. The average Bonchev–Trinajstić information content (AvgIpc) is 2.84. The summed E-state index contributed by atoms with van der Waals surface area (Å²) in [5.41, 5.74) is 15.6. The second-order valence-corrected chi connectivity index (χ2v) is 7.66. The summed E-state index contributed by atoms with van der Waals surface area (Å²) in [6, 6.07) is 10.4. The van der Waals surface area contributed by atoms with Crippen LogP contribution in [0.4, 0.5) is 11.5 Å². The van der Waals surface area contributed by atoms with Crippen LogP contribution in [-0.2, 0) is 0 Å². The maximum Gasteiger partial charge on any atom is 0.255 e. The van der Waals surface area contributed by atoms with Crippen molar-refractivity contribution in [3.8, 4) is 22.8 Å². The number of pyridine rings is 2. The number of nitrogen functional groups attached to an aromatic ring is 1. The number of ether oxygens (including phenoxy) is 2. The normalized spacial score (nSPS) is 10.6. The molecule has 3 rings (SSSR count). The van der Waals surface area contributed by atoms with E-state index in [0.717, 1.165) is 11.3 Å². The lowest BCUT2D eigenvalue weighted by Gasteiger charge is -2.13. The number of carbonyl (C=O) groups excluding carboxylic acids is 1. The molecule has 2 heterocycles. The molecule has 6 N–H and O–H groups in total. The van der Waals surface area contributed by atoms with E-state index >= 15 is 0 Å². The standard InChI is InChI=1S/C25H30N6O3/c1-4-22(27)20-6-7-23(31-24(20)28)21-12-17(14-29-15(21)2)30-25(32)16-10-18(33-3)13-19(11-16)34-9-5-8-26/h6-7,10-14,27H,4-5,8-9,26H2,1-3H3,(H2,28,31)(H,30,32). The molecule has 0 aliphatic rings. The highest BCUT2D eigenvalue weighted by Gasteiger charge is 2.14. The fourth-order valence-electron chi connectivity index (χ4n) is 3.31. The Kier molecular flexibility index (Phi) is 8.15. The highest BCUT2D eigenvalue weighted by atomic mass is 16.5. The van der Waals surface area contributed by atoms with Gasteiger partial charge in [-0.25, -0.2) is 4.98 Å². The number of nitrogens with zero attached hydrogens (tertiary/aromatic N) is 2. The first-order chi connectivity index (χ1) is 16.4. The molecule has 9 heteroatoms. The van der Waals surface area contributed by atoms with E-state index in [1.54, 1.807) is 42.6 Å². The van der Waals surface area contributed by atoms with E-state index in [-0.39, 0.29) is 11.7 Å². The van der Waals surface area contributed by atoms with E-state index in [0.29, 0.717) is 65.7 Å². The zero-order valence-electron chi connectivity index (χ0n) is 19.6. The van der Waals surface area contributed by atoms with E-state index in [1.165, 1.54) is 7.11 Å². The van der Waals surface area contributed by atoms with Crippen LogP contribution in [0.25, 0.3) is 11.3 Å². The SMILES string of the molecule is CCC(=N)c1ccc(-c2cc(NC(=O)c3cc(OC)cc(OCCCN)c3)cnc2C)nc1N. The number of rotatable bonds is 10. The van der Waals surface area contributed by atoms with E-state index in [2.05, 4.69) is 15.3 Å². The Hall–Kier alpha value is -3.98. The molecule has 0 radical (unpaired) electrons. The molecule has 2 aromatic heterocycles. The van der Waals surface area contributed by atoms with Gasteiger partial charge in [0.25, 0.3) is 5.91 Å². The number of methoxy groups -OCH3 is 1. The summed E-state index contributed by atoms with van der Waals surface area (Å²) in [5, 5.41) is 10.9. The monoisotopic (exact) mass is 462 g/mol. The van der Waals surface area contributed by atoms with Gasteiger partial charge in [-0.15, -0.1) is 0 Å². The molecule has 178 valence electrons. The minimum atomic E-state index is -0.335. The summed E-state index contributed by atoms with van der Waals surface area (Å²) in [7, 11) is 1.53. The summed E-state index contributed by atoms with van der Waals surface area (Å²) in [5.74, 6) is 0.990. The molecule has 0 spiro atoms. The van der Waals surface area contributed by atoms with E-state index in [4.69, 9.17) is 26.4 Å². The Morgan fingerprint density at radius 3 is 2.62 bits per heavy atom. The number of hydrogen-bond donors (Lipinski definition) is 4. The second-order valence-electron chi connectivity index (χ2n) is 7.66. The van der Waals surface area contributed by atoms with Gasteiger partial charge >= 0.3 is 0 Å². The molecule has 0 aliphatic carbocycles. The Bertz CT molecular complexity index is 1200. The first kappa shape index (κ1) is 24.7. The molecule has 0 saturated heterocycles. The van der Waals surface area contributed by atoms with Crippen molar-refractivity contribution in [3.05, 3.63) is 59.4 Å². The molecule has 0 aliphatic heterocycles. The first-order valence-electron chi connectivity index (χ1n) is 11.0. The molecule has 0 atom stereocenters. The van der Waals surface area contributed by atoms with Crippen LogP contribution in [0.3, 0.4) is 0 Å². The molecule has 0 bridgehead atoms. The number of nitrogens with two attached hydrogens (primary N) is 2. The Morgan fingerprint density at radius 2 is 1.94 bits per heavy atom. The van der Waals surface area contributed by atoms with Crippen LogP contribution in [0.15, 0.2) is 42.6 Å². The van der Waals surface area contributed by atoms with Crippen molar-refractivity contribution < 1.29 is 14.3 Å². The minimum absolute atomic E-state index is 0.289. The predicted octanol–water partition coefficient (Wildman–Crippen LogP) is 3.80. The minimum Gasteiger partial charge on any atom is -0.497 e. The van der Waals surface area contributed by atoms with Gasteiger partial charge in [0.15, 0.2) is 0 Å². The number of hydrogen-bond acceptors (Lipinski definition) is 8. The maximum atomic E-state index is 13.0. The maximum absolute atomic E-state index is 13.0. The molecule has 0 unspecified atom stereocenters. The van der Waals surface area contributed by atoms with Crippen LogP contribution < -0.4 is 26.3 Å². The van der Waals surface area contributed by atoms with Crippen molar-refractivity contribution in [2.45, 2.75) is 26.7 Å². The molecular formula is C25H30N6O3. The molecule has 1 aromatic carbocycles. The number of anilines is 2. The number of aryl methyl sites for hydroxylation is 1. The molecule has 0 fully saturated rings. The third kappa shape index (κ3) is 5.87. The molecule has 0 saturated carbocycles. The molecular weight excluding hydrogens is 432 g/mol. The van der Waals surface area contributed by atoms with Crippen LogP contribution in [-0.4, -0.2) is 41.8 Å². The Balaban J connectivity index is 1.85. The van der Waals surface area contributed by atoms with Gasteiger partial charge < -0.3 is 31.7 Å². The summed E-state index contributed by atoms with van der Waals surface area (Å²) < 4.78 is 11.0. The average molecular weight is 463 g/mol. The van der Waals surface area contributed by atoms with Gasteiger partial charge in [-0.1, -0.05) is 6.92 Å². The number of benzene rings is 1. The lowest BCUT2D eigenvalue weighted by Crippen LogP contribution is -2.13. The summed E-state index contributed by atoms with van der Waals surface area (Å²) in [4.78, 5) is 21.8. The molecule has 3 aromatic rings. The quantitative estimate of drug-likeness (QED) is 0.264. The number of nitrogens with one attached hydrogen (secondary N) is 2. The van der Waals surface area contributed by atoms with Crippen molar-refractivity contribution in [1.29, 1.82) is 5.41 Å². The van der Waals surface area contributed by atoms with E-state index in [9.17, 15) is 4.79 Å². The van der Waals surface area contributed by atoms with Gasteiger partial charge in [0.2, 0.25) is 0 Å².